The van der Waals surface area contributed by atoms with Crippen molar-refractivity contribution in [3.8, 4) is 18.2 Å². The molecular formula is C18H44N6O3Si4. The molecule has 1 aliphatic rings. The molecule has 1 aliphatic heterocycles. The quantitative estimate of drug-likeness (QED) is 0.303. The maximum Gasteiger partial charge on any atom is 0.331 e. The molecule has 1 heterocycles. The Balaban J connectivity index is -0.000000407. The Hall–Kier alpha value is -0.902. The van der Waals surface area contributed by atoms with Gasteiger partial charge in [0.05, 0.1) is 44.1 Å². The van der Waals surface area contributed by atoms with Gasteiger partial charge in [0.1, 0.15) is 0 Å². The van der Waals surface area contributed by atoms with Gasteiger partial charge in [0, 0.05) is 13.2 Å². The highest BCUT2D eigenvalue weighted by Crippen LogP contribution is 2.11. The Morgan fingerprint density at radius 1 is 0.710 bits per heavy atom. The van der Waals surface area contributed by atoms with Crippen LogP contribution in [0.5, 0.6) is 0 Å². The Morgan fingerprint density at radius 3 is 1.19 bits per heavy atom. The van der Waals surface area contributed by atoms with Crippen LogP contribution in [0.2, 0.25) is 52.4 Å². The van der Waals surface area contributed by atoms with E-state index in [1.165, 1.54) is 0 Å². The third-order valence-corrected chi connectivity index (χ3v) is 20.2. The monoisotopic (exact) mass is 504 g/mol. The maximum absolute atomic E-state index is 8.28. The second-order valence-corrected chi connectivity index (χ2v) is 24.9. The van der Waals surface area contributed by atoms with Crippen molar-refractivity contribution in [2.24, 2.45) is 0 Å². The smallest absolute Gasteiger partial charge is 0.331 e. The van der Waals surface area contributed by atoms with E-state index in [1.807, 2.05) is 25.2 Å². The van der Waals surface area contributed by atoms with Crippen LogP contribution >= 0.6 is 0 Å². The third-order valence-electron chi connectivity index (χ3n) is 3.43. The van der Waals surface area contributed by atoms with Gasteiger partial charge in [0.15, 0.2) is 25.2 Å². The second kappa shape index (κ2) is 16.7. The zero-order valence-corrected chi connectivity index (χ0v) is 23.8. The molecule has 0 aromatic carbocycles. The van der Waals surface area contributed by atoms with Gasteiger partial charge in [-0.1, -0.05) is 7.43 Å². The fourth-order valence-corrected chi connectivity index (χ4v) is 25.7. The Bertz CT molecular complexity index is 546. The average molecular weight is 505 g/mol. The van der Waals surface area contributed by atoms with Crippen molar-refractivity contribution < 1.29 is 14.0 Å². The molecule has 1 saturated heterocycles. The van der Waals surface area contributed by atoms with Crippen LogP contribution in [0.1, 0.15) is 26.7 Å². The molecular weight excluding hydrogens is 461 g/mol. The molecule has 0 unspecified atom stereocenters. The van der Waals surface area contributed by atoms with E-state index >= 15 is 0 Å². The SMILES string of the molecule is C.C[Si](C)(OCCC#N)OCCC#N.C[Si]1(C)N[Si](C)(C)N[Si](C)(C)N1.N#CCCO. The van der Waals surface area contributed by atoms with Crippen LogP contribution in [0.4, 0.5) is 0 Å². The molecule has 4 N–H and O–H groups in total. The minimum Gasteiger partial charge on any atom is -0.395 e. The van der Waals surface area contributed by atoms with Gasteiger partial charge in [0.2, 0.25) is 0 Å². The first-order valence-corrected chi connectivity index (χ1v) is 21.8. The summed E-state index contributed by atoms with van der Waals surface area (Å²) < 4.78 is 22.1. The molecule has 13 heteroatoms. The molecule has 0 saturated carbocycles. The van der Waals surface area contributed by atoms with Gasteiger partial charge >= 0.3 is 8.56 Å². The summed E-state index contributed by atoms with van der Waals surface area (Å²) in [7, 11) is -5.98. The molecule has 0 spiro atoms. The Labute approximate surface area is 194 Å². The van der Waals surface area contributed by atoms with Crippen molar-refractivity contribution >= 4 is 33.8 Å². The summed E-state index contributed by atoms with van der Waals surface area (Å²) >= 11 is 0. The second-order valence-electron chi connectivity index (χ2n) is 8.79. The Kier molecular flexibility index (Phi) is 18.7. The van der Waals surface area contributed by atoms with Crippen molar-refractivity contribution in [1.29, 1.82) is 15.8 Å². The van der Waals surface area contributed by atoms with E-state index < -0.39 is 33.8 Å². The highest BCUT2D eigenvalue weighted by atomic mass is 28.5. The molecule has 180 valence electrons. The summed E-state index contributed by atoms with van der Waals surface area (Å²) in [6.45, 7) is 18.8. The van der Waals surface area contributed by atoms with Gasteiger partial charge in [-0.3, -0.25) is 0 Å². The largest absolute Gasteiger partial charge is 0.395 e. The summed E-state index contributed by atoms with van der Waals surface area (Å²) in [5.41, 5.74) is 0. The molecule has 0 aromatic rings. The van der Waals surface area contributed by atoms with Crippen molar-refractivity contribution in [2.45, 2.75) is 79.1 Å². The van der Waals surface area contributed by atoms with Gasteiger partial charge in [-0.15, -0.1) is 0 Å². The first-order chi connectivity index (χ1) is 13.7. The molecule has 0 radical (unpaired) electrons. The lowest BCUT2D eigenvalue weighted by molar-refractivity contribution is 0.186. The summed E-state index contributed by atoms with van der Waals surface area (Å²) in [6.07, 6.45) is 1.02. The lowest BCUT2D eigenvalue weighted by atomic mass is 10.5. The van der Waals surface area contributed by atoms with E-state index in [0.29, 0.717) is 26.1 Å². The normalized spacial score (nSPS) is 17.6. The standard InChI is InChI=1S/C8H14N2O2Si.C6H21N3Si3.C3H5NO.CH4/c1-13(2,11-7-3-5-9)12-8-4-6-10;1-10(2)7-11(3,4)9-12(5,6)8-10;4-2-1-3-5;/h3-4,7-8H2,1-2H3;7-9H,1-6H3;5H,1,3H2;1H4. The van der Waals surface area contributed by atoms with Gasteiger partial charge in [-0.2, -0.15) is 15.8 Å². The fourth-order valence-electron chi connectivity index (χ4n) is 3.21. The third kappa shape index (κ3) is 22.1. The first kappa shape index (κ1) is 34.7. The van der Waals surface area contributed by atoms with Crippen LogP contribution in [0, 0.1) is 34.0 Å². The van der Waals surface area contributed by atoms with E-state index in [-0.39, 0.29) is 20.5 Å². The molecule has 0 bridgehead atoms. The van der Waals surface area contributed by atoms with E-state index in [1.54, 1.807) is 6.07 Å². The van der Waals surface area contributed by atoms with Gasteiger partial charge in [-0.05, 0) is 52.4 Å². The zero-order valence-electron chi connectivity index (χ0n) is 19.8. The summed E-state index contributed by atoms with van der Waals surface area (Å²) in [5.74, 6) is 0. The van der Waals surface area contributed by atoms with Crippen LogP contribution in [-0.2, 0) is 8.85 Å². The van der Waals surface area contributed by atoms with Crippen LogP contribution in [0.15, 0.2) is 0 Å². The molecule has 0 aliphatic carbocycles. The molecule has 0 aromatic heterocycles. The minimum atomic E-state index is -2.08. The van der Waals surface area contributed by atoms with Crippen molar-refractivity contribution in [3.63, 3.8) is 0 Å². The van der Waals surface area contributed by atoms with E-state index in [2.05, 4.69) is 53.2 Å². The number of nitriles is 3. The predicted octanol–water partition coefficient (Wildman–Crippen LogP) is 2.95. The molecule has 1 rings (SSSR count). The van der Waals surface area contributed by atoms with Crippen molar-refractivity contribution in [2.75, 3.05) is 19.8 Å². The van der Waals surface area contributed by atoms with E-state index in [0.717, 1.165) is 0 Å². The number of hydrogen-bond donors (Lipinski definition) is 4. The lowest BCUT2D eigenvalue weighted by Gasteiger charge is -2.49. The molecule has 1 fully saturated rings. The maximum atomic E-state index is 8.28. The van der Waals surface area contributed by atoms with Crippen LogP contribution in [0.3, 0.4) is 0 Å². The number of aliphatic hydroxyl groups excluding tert-OH is 1. The van der Waals surface area contributed by atoms with Gasteiger partial charge in [0.25, 0.3) is 0 Å². The Morgan fingerprint density at radius 2 is 1.00 bits per heavy atom. The number of aliphatic hydroxyl groups is 1. The molecule has 0 atom stereocenters. The fraction of sp³-hybridized carbons (Fsp3) is 0.833. The number of rotatable bonds is 7. The summed E-state index contributed by atoms with van der Waals surface area (Å²) in [5, 5.41) is 32.1. The van der Waals surface area contributed by atoms with Gasteiger partial charge < -0.3 is 27.9 Å². The summed E-state index contributed by atoms with van der Waals surface area (Å²) in [4.78, 5) is 0. The highest BCUT2D eigenvalue weighted by molar-refractivity contribution is 7.04. The molecule has 31 heavy (non-hydrogen) atoms. The van der Waals surface area contributed by atoms with Crippen LogP contribution in [-0.4, -0.2) is 58.7 Å². The van der Waals surface area contributed by atoms with E-state index in [9.17, 15) is 0 Å². The lowest BCUT2D eigenvalue weighted by Crippen LogP contribution is -2.87. The highest BCUT2D eigenvalue weighted by Gasteiger charge is 2.44. The van der Waals surface area contributed by atoms with E-state index in [4.69, 9.17) is 29.7 Å². The van der Waals surface area contributed by atoms with Crippen molar-refractivity contribution in [3.05, 3.63) is 0 Å². The number of hydrogen-bond acceptors (Lipinski definition) is 9. The zero-order chi connectivity index (χ0) is 23.9. The average Bonchev–Trinajstić information content (AvgIpc) is 2.52. The first-order valence-electron chi connectivity index (χ1n) is 10.0. The number of nitrogens with zero attached hydrogens (tertiary/aromatic N) is 3. The molecule has 0 amide bonds. The molecule has 9 nitrogen and oxygen atoms in total. The number of nitrogens with one attached hydrogen (secondary N) is 3. The van der Waals surface area contributed by atoms with Crippen LogP contribution in [0.25, 0.3) is 0 Å². The summed E-state index contributed by atoms with van der Waals surface area (Å²) in [6, 6.07) is 5.76. The minimum absolute atomic E-state index is 0. The topological polar surface area (TPSA) is 146 Å². The predicted molar refractivity (Wildman–Crippen MR) is 136 cm³/mol. The van der Waals surface area contributed by atoms with Crippen molar-refractivity contribution in [1.82, 2.24) is 13.9 Å². The van der Waals surface area contributed by atoms with Crippen LogP contribution < -0.4 is 13.9 Å². The van der Waals surface area contributed by atoms with Gasteiger partial charge in [-0.25, -0.2) is 0 Å².